The van der Waals surface area contributed by atoms with Gasteiger partial charge in [0.05, 0.1) is 4.92 Å². The summed E-state index contributed by atoms with van der Waals surface area (Å²) >= 11 is 1.71. The van der Waals surface area contributed by atoms with Crippen molar-refractivity contribution in [2.45, 2.75) is 27.3 Å². The second-order valence-corrected chi connectivity index (χ2v) is 6.14. The van der Waals surface area contributed by atoms with Gasteiger partial charge in [-0.25, -0.2) is 0 Å². The van der Waals surface area contributed by atoms with Gasteiger partial charge in [-0.1, -0.05) is 6.07 Å². The van der Waals surface area contributed by atoms with Crippen LogP contribution < -0.4 is 10.6 Å². The first-order chi connectivity index (χ1) is 10.0. The number of thiophene rings is 1. The third-order valence-electron chi connectivity index (χ3n) is 3.26. The molecule has 21 heavy (non-hydrogen) atoms. The van der Waals surface area contributed by atoms with Crippen molar-refractivity contribution in [3.8, 4) is 0 Å². The van der Waals surface area contributed by atoms with Crippen LogP contribution in [0.4, 0.5) is 17.1 Å². The predicted octanol–water partition coefficient (Wildman–Crippen LogP) is 4.32. The topological polar surface area (TPSA) is 67.2 Å². The molecule has 2 aromatic rings. The van der Waals surface area contributed by atoms with Gasteiger partial charge in [0, 0.05) is 22.8 Å². The average Bonchev–Trinajstić information content (AvgIpc) is 2.75. The van der Waals surface area contributed by atoms with Gasteiger partial charge >= 0.3 is 5.69 Å². The second-order valence-electron chi connectivity index (χ2n) is 4.79. The molecule has 0 saturated carbocycles. The minimum absolute atomic E-state index is 0.101. The number of aryl methyl sites for hydroxylation is 2. The molecule has 0 aliphatic heterocycles. The molecule has 0 amide bonds. The summed E-state index contributed by atoms with van der Waals surface area (Å²) in [6.07, 6.45) is 0. The van der Waals surface area contributed by atoms with E-state index < -0.39 is 0 Å². The summed E-state index contributed by atoms with van der Waals surface area (Å²) in [5.41, 5.74) is 2.45. The lowest BCUT2D eigenvalue weighted by Crippen LogP contribution is -2.06. The number of benzene rings is 1. The molecule has 0 fully saturated rings. The molecule has 112 valence electrons. The van der Waals surface area contributed by atoms with Gasteiger partial charge < -0.3 is 10.6 Å². The molecule has 1 aromatic heterocycles. The SMILES string of the molecule is CCNc1cccc(NCc2cc(C)c(C)s2)c1[N+](=O)[O-]. The number of para-hydroxylation sites is 1. The van der Waals surface area contributed by atoms with Crippen LogP contribution in [0.1, 0.15) is 22.2 Å². The van der Waals surface area contributed by atoms with Crippen molar-refractivity contribution < 1.29 is 4.92 Å². The number of nitro groups is 1. The highest BCUT2D eigenvalue weighted by atomic mass is 32.1. The van der Waals surface area contributed by atoms with E-state index in [0.29, 0.717) is 24.5 Å². The highest BCUT2D eigenvalue weighted by Crippen LogP contribution is 2.33. The molecule has 2 N–H and O–H groups in total. The van der Waals surface area contributed by atoms with Crippen LogP contribution in [-0.4, -0.2) is 11.5 Å². The molecule has 0 saturated heterocycles. The number of hydrogen-bond donors (Lipinski definition) is 2. The van der Waals surface area contributed by atoms with E-state index >= 15 is 0 Å². The van der Waals surface area contributed by atoms with Crippen molar-refractivity contribution in [2.24, 2.45) is 0 Å². The minimum atomic E-state index is -0.342. The largest absolute Gasteiger partial charge is 0.380 e. The second kappa shape index (κ2) is 6.58. The Kier molecular flexibility index (Phi) is 4.80. The lowest BCUT2D eigenvalue weighted by Gasteiger charge is -2.10. The van der Waals surface area contributed by atoms with E-state index in [-0.39, 0.29) is 10.6 Å². The van der Waals surface area contributed by atoms with Gasteiger partial charge in [0.25, 0.3) is 0 Å². The molecule has 5 nitrogen and oxygen atoms in total. The van der Waals surface area contributed by atoms with Crippen LogP contribution in [0.2, 0.25) is 0 Å². The maximum Gasteiger partial charge on any atom is 0.315 e. The Balaban J connectivity index is 2.22. The molecule has 0 bridgehead atoms. The standard InChI is InChI=1S/C15H19N3O2S/c1-4-16-13-6-5-7-14(15(13)18(19)20)17-9-12-8-10(2)11(3)21-12/h5-8,16-17H,4,9H2,1-3H3. The minimum Gasteiger partial charge on any atom is -0.380 e. The molecular weight excluding hydrogens is 286 g/mol. The summed E-state index contributed by atoms with van der Waals surface area (Å²) in [5, 5.41) is 17.5. The maximum atomic E-state index is 11.3. The van der Waals surface area contributed by atoms with E-state index in [1.54, 1.807) is 23.5 Å². The fourth-order valence-corrected chi connectivity index (χ4v) is 3.13. The number of hydrogen-bond acceptors (Lipinski definition) is 5. The van der Waals surface area contributed by atoms with Gasteiger partial charge in [0.1, 0.15) is 11.4 Å². The van der Waals surface area contributed by atoms with Crippen molar-refractivity contribution in [1.29, 1.82) is 0 Å². The van der Waals surface area contributed by atoms with E-state index in [1.807, 2.05) is 13.0 Å². The molecular formula is C15H19N3O2S. The molecule has 0 unspecified atom stereocenters. The maximum absolute atomic E-state index is 11.3. The van der Waals surface area contributed by atoms with E-state index in [1.165, 1.54) is 15.3 Å². The van der Waals surface area contributed by atoms with Crippen LogP contribution in [0.5, 0.6) is 0 Å². The Morgan fingerprint density at radius 1 is 1.24 bits per heavy atom. The van der Waals surface area contributed by atoms with Crippen molar-refractivity contribution in [3.05, 3.63) is 49.7 Å². The van der Waals surface area contributed by atoms with Crippen molar-refractivity contribution in [2.75, 3.05) is 17.2 Å². The third kappa shape index (κ3) is 3.52. The number of rotatable bonds is 6. The van der Waals surface area contributed by atoms with Crippen molar-refractivity contribution >= 4 is 28.4 Å². The van der Waals surface area contributed by atoms with Gasteiger partial charge in [0.2, 0.25) is 0 Å². The van der Waals surface area contributed by atoms with Gasteiger partial charge in [-0.3, -0.25) is 10.1 Å². The Bertz CT molecular complexity index is 633. The lowest BCUT2D eigenvalue weighted by atomic mass is 10.2. The number of anilines is 2. The Morgan fingerprint density at radius 2 is 1.90 bits per heavy atom. The number of nitrogens with one attached hydrogen (secondary N) is 2. The van der Waals surface area contributed by atoms with Crippen LogP contribution in [0.25, 0.3) is 0 Å². The van der Waals surface area contributed by atoms with Crippen molar-refractivity contribution in [3.63, 3.8) is 0 Å². The zero-order valence-corrected chi connectivity index (χ0v) is 13.2. The molecule has 0 spiro atoms. The summed E-state index contributed by atoms with van der Waals surface area (Å²) in [6.45, 7) is 7.31. The van der Waals surface area contributed by atoms with Crippen LogP contribution >= 0.6 is 11.3 Å². The van der Waals surface area contributed by atoms with Crippen LogP contribution in [0.15, 0.2) is 24.3 Å². The molecule has 0 aliphatic rings. The van der Waals surface area contributed by atoms with Crippen LogP contribution in [-0.2, 0) is 6.54 Å². The molecule has 0 radical (unpaired) electrons. The Hall–Kier alpha value is -2.08. The van der Waals surface area contributed by atoms with Gasteiger partial charge in [-0.2, -0.15) is 0 Å². The molecule has 0 aliphatic carbocycles. The monoisotopic (exact) mass is 305 g/mol. The normalized spacial score (nSPS) is 10.4. The Labute approximate surface area is 128 Å². The third-order valence-corrected chi connectivity index (χ3v) is 4.41. The smallest absolute Gasteiger partial charge is 0.315 e. The fourth-order valence-electron chi connectivity index (χ4n) is 2.14. The summed E-state index contributed by atoms with van der Waals surface area (Å²) in [6, 6.07) is 7.41. The molecule has 2 rings (SSSR count). The van der Waals surface area contributed by atoms with E-state index in [2.05, 4.69) is 30.5 Å². The van der Waals surface area contributed by atoms with Crippen molar-refractivity contribution in [1.82, 2.24) is 0 Å². The summed E-state index contributed by atoms with van der Waals surface area (Å²) < 4.78 is 0. The van der Waals surface area contributed by atoms with Gasteiger partial charge in [-0.05, 0) is 44.5 Å². The first-order valence-electron chi connectivity index (χ1n) is 6.84. The summed E-state index contributed by atoms with van der Waals surface area (Å²) in [5.74, 6) is 0. The first-order valence-corrected chi connectivity index (χ1v) is 7.65. The van der Waals surface area contributed by atoms with E-state index in [9.17, 15) is 10.1 Å². The first kappa shape index (κ1) is 15.3. The quantitative estimate of drug-likeness (QED) is 0.616. The zero-order chi connectivity index (χ0) is 15.4. The number of nitrogens with zero attached hydrogens (tertiary/aromatic N) is 1. The highest BCUT2D eigenvalue weighted by molar-refractivity contribution is 7.12. The summed E-state index contributed by atoms with van der Waals surface area (Å²) in [4.78, 5) is 13.4. The Morgan fingerprint density at radius 3 is 2.43 bits per heavy atom. The molecule has 6 heteroatoms. The predicted molar refractivity (Wildman–Crippen MR) is 88.4 cm³/mol. The lowest BCUT2D eigenvalue weighted by molar-refractivity contribution is -0.383. The van der Waals surface area contributed by atoms with Gasteiger partial charge in [0.15, 0.2) is 0 Å². The molecule has 0 atom stereocenters. The summed E-state index contributed by atoms with van der Waals surface area (Å²) in [7, 11) is 0. The highest BCUT2D eigenvalue weighted by Gasteiger charge is 2.19. The average molecular weight is 305 g/mol. The zero-order valence-electron chi connectivity index (χ0n) is 12.4. The molecule has 1 aromatic carbocycles. The van der Waals surface area contributed by atoms with E-state index in [0.717, 1.165) is 0 Å². The van der Waals surface area contributed by atoms with E-state index in [4.69, 9.17) is 0 Å². The van der Waals surface area contributed by atoms with Gasteiger partial charge in [-0.15, -0.1) is 11.3 Å². The number of nitro benzene ring substituents is 1. The molecule has 1 heterocycles. The van der Waals surface area contributed by atoms with Crippen LogP contribution in [0.3, 0.4) is 0 Å². The fraction of sp³-hybridized carbons (Fsp3) is 0.333. The van der Waals surface area contributed by atoms with Crippen LogP contribution in [0, 0.1) is 24.0 Å².